The molecule has 2 aromatic rings. The van der Waals surface area contributed by atoms with Crippen LogP contribution in [0.1, 0.15) is 22.6 Å². The second-order valence-corrected chi connectivity index (χ2v) is 4.29. The van der Waals surface area contributed by atoms with Crippen LogP contribution in [0.2, 0.25) is 0 Å². The zero-order valence-electron chi connectivity index (χ0n) is 10.6. The fraction of sp³-hybridized carbons (Fsp3) is 0.308. The van der Waals surface area contributed by atoms with E-state index in [9.17, 15) is 4.79 Å². The molecule has 94 valence electrons. The molecule has 0 aromatic carbocycles. The Morgan fingerprint density at radius 3 is 2.72 bits per heavy atom. The minimum absolute atomic E-state index is 0.00172. The summed E-state index contributed by atoms with van der Waals surface area (Å²) in [5.41, 5.74) is 4.20. The van der Waals surface area contributed by atoms with Gasteiger partial charge in [-0.1, -0.05) is 0 Å². The van der Waals surface area contributed by atoms with Gasteiger partial charge in [0.2, 0.25) is 0 Å². The molecule has 2 aromatic heterocycles. The molecule has 0 amide bonds. The molecule has 5 heteroatoms. The molecule has 0 saturated heterocycles. The maximum atomic E-state index is 10.8. The van der Waals surface area contributed by atoms with Crippen molar-refractivity contribution in [2.45, 2.75) is 27.2 Å². The van der Waals surface area contributed by atoms with Gasteiger partial charge in [0.15, 0.2) is 0 Å². The molecule has 2 rings (SSSR count). The molecule has 0 aliphatic rings. The topological polar surface area (TPSA) is 68.0 Å². The highest BCUT2D eigenvalue weighted by molar-refractivity contribution is 5.71. The number of carbonyl (C=O) groups is 1. The van der Waals surface area contributed by atoms with Crippen LogP contribution >= 0.6 is 0 Å². The molecule has 5 nitrogen and oxygen atoms in total. The van der Waals surface area contributed by atoms with Crippen molar-refractivity contribution in [1.29, 1.82) is 0 Å². The minimum atomic E-state index is -0.841. The van der Waals surface area contributed by atoms with Crippen LogP contribution in [0.3, 0.4) is 0 Å². The normalized spacial score (nSPS) is 10.6. The summed E-state index contributed by atoms with van der Waals surface area (Å²) < 4.78 is 1.77. The van der Waals surface area contributed by atoms with Crippen LogP contribution in [0.15, 0.2) is 18.3 Å². The molecule has 18 heavy (non-hydrogen) atoms. The Hall–Kier alpha value is -2.17. The first-order valence-corrected chi connectivity index (χ1v) is 5.69. The Kier molecular flexibility index (Phi) is 3.14. The molecular weight excluding hydrogens is 230 g/mol. The van der Waals surface area contributed by atoms with Crippen molar-refractivity contribution < 1.29 is 9.90 Å². The molecule has 0 atom stereocenters. The van der Waals surface area contributed by atoms with Crippen molar-refractivity contribution in [2.75, 3.05) is 0 Å². The standard InChI is InChI=1S/C13H15N3O2/c1-8-6-11(4-5-14-8)16-10(3)12(7-13(17)18)9(2)15-16/h4-6H,7H2,1-3H3,(H,17,18). The van der Waals surface area contributed by atoms with E-state index >= 15 is 0 Å². The number of nitrogens with zero attached hydrogens (tertiary/aromatic N) is 3. The number of carboxylic acids is 1. The fourth-order valence-electron chi connectivity index (χ4n) is 2.00. The summed E-state index contributed by atoms with van der Waals surface area (Å²) >= 11 is 0. The van der Waals surface area contributed by atoms with Gasteiger partial charge < -0.3 is 5.11 Å². The van der Waals surface area contributed by atoms with E-state index in [1.807, 2.05) is 32.9 Å². The lowest BCUT2D eigenvalue weighted by Crippen LogP contribution is -2.04. The van der Waals surface area contributed by atoms with Gasteiger partial charge in [-0.3, -0.25) is 9.78 Å². The molecule has 0 saturated carbocycles. The fourth-order valence-corrected chi connectivity index (χ4v) is 2.00. The number of carboxylic acid groups (broad SMARTS) is 1. The van der Waals surface area contributed by atoms with Gasteiger partial charge in [-0.25, -0.2) is 4.68 Å². The van der Waals surface area contributed by atoms with Gasteiger partial charge in [0, 0.05) is 23.1 Å². The van der Waals surface area contributed by atoms with Crippen molar-refractivity contribution in [3.8, 4) is 5.69 Å². The number of hydrogen-bond donors (Lipinski definition) is 1. The quantitative estimate of drug-likeness (QED) is 0.895. The van der Waals surface area contributed by atoms with E-state index < -0.39 is 5.97 Å². The van der Waals surface area contributed by atoms with E-state index in [1.54, 1.807) is 10.9 Å². The van der Waals surface area contributed by atoms with E-state index in [2.05, 4.69) is 10.1 Å². The smallest absolute Gasteiger partial charge is 0.307 e. The van der Waals surface area contributed by atoms with E-state index in [1.165, 1.54) is 0 Å². The lowest BCUT2D eigenvalue weighted by molar-refractivity contribution is -0.136. The molecule has 0 spiro atoms. The second-order valence-electron chi connectivity index (χ2n) is 4.29. The summed E-state index contributed by atoms with van der Waals surface area (Å²) in [6, 6.07) is 3.78. The lowest BCUT2D eigenvalue weighted by atomic mass is 10.1. The van der Waals surface area contributed by atoms with Crippen molar-refractivity contribution in [3.05, 3.63) is 41.0 Å². The number of aliphatic carboxylic acids is 1. The molecule has 0 bridgehead atoms. The van der Waals surface area contributed by atoms with Crippen molar-refractivity contribution >= 4 is 5.97 Å². The number of rotatable bonds is 3. The average Bonchev–Trinajstić information content (AvgIpc) is 2.56. The van der Waals surface area contributed by atoms with E-state index in [-0.39, 0.29) is 6.42 Å². The zero-order valence-corrected chi connectivity index (χ0v) is 10.6. The van der Waals surface area contributed by atoms with Gasteiger partial charge >= 0.3 is 5.97 Å². The minimum Gasteiger partial charge on any atom is -0.481 e. The number of pyridine rings is 1. The van der Waals surface area contributed by atoms with Crippen LogP contribution in [-0.2, 0) is 11.2 Å². The molecule has 1 N–H and O–H groups in total. The summed E-state index contributed by atoms with van der Waals surface area (Å²) in [4.78, 5) is 15.0. The van der Waals surface area contributed by atoms with Crippen LogP contribution in [0.4, 0.5) is 0 Å². The summed E-state index contributed by atoms with van der Waals surface area (Å²) in [7, 11) is 0. The number of hydrogen-bond acceptors (Lipinski definition) is 3. The highest BCUT2D eigenvalue weighted by Crippen LogP contribution is 2.18. The van der Waals surface area contributed by atoms with Gasteiger partial charge in [-0.15, -0.1) is 0 Å². The molecule has 0 fully saturated rings. The first-order chi connectivity index (χ1) is 8.49. The number of aromatic nitrogens is 3. The molecule has 0 unspecified atom stereocenters. The monoisotopic (exact) mass is 245 g/mol. The van der Waals surface area contributed by atoms with Crippen molar-refractivity contribution in [1.82, 2.24) is 14.8 Å². The Morgan fingerprint density at radius 2 is 2.11 bits per heavy atom. The number of aryl methyl sites for hydroxylation is 2. The van der Waals surface area contributed by atoms with Crippen LogP contribution in [0.25, 0.3) is 5.69 Å². The first-order valence-electron chi connectivity index (χ1n) is 5.69. The van der Waals surface area contributed by atoms with E-state index in [0.29, 0.717) is 0 Å². The first kappa shape index (κ1) is 12.3. The lowest BCUT2D eigenvalue weighted by Gasteiger charge is -2.05. The van der Waals surface area contributed by atoms with Crippen molar-refractivity contribution in [2.24, 2.45) is 0 Å². The van der Waals surface area contributed by atoms with Crippen LogP contribution in [-0.4, -0.2) is 25.8 Å². The Morgan fingerprint density at radius 1 is 1.39 bits per heavy atom. The Balaban J connectivity index is 2.50. The highest BCUT2D eigenvalue weighted by Gasteiger charge is 2.15. The van der Waals surface area contributed by atoms with Gasteiger partial charge in [-0.05, 0) is 32.9 Å². The van der Waals surface area contributed by atoms with Gasteiger partial charge in [-0.2, -0.15) is 5.10 Å². The van der Waals surface area contributed by atoms with Gasteiger partial charge in [0.1, 0.15) is 0 Å². The third-order valence-corrected chi connectivity index (χ3v) is 2.89. The van der Waals surface area contributed by atoms with Crippen LogP contribution in [0, 0.1) is 20.8 Å². The van der Waals surface area contributed by atoms with Crippen molar-refractivity contribution in [3.63, 3.8) is 0 Å². The largest absolute Gasteiger partial charge is 0.481 e. The maximum absolute atomic E-state index is 10.8. The summed E-state index contributed by atoms with van der Waals surface area (Å²) in [6.07, 6.45) is 1.72. The summed E-state index contributed by atoms with van der Waals surface area (Å²) in [5.74, 6) is -0.841. The predicted octanol–water partition coefficient (Wildman–Crippen LogP) is 1.82. The summed E-state index contributed by atoms with van der Waals surface area (Å²) in [6.45, 7) is 5.62. The van der Waals surface area contributed by atoms with Gasteiger partial charge in [0.05, 0.1) is 17.8 Å². The second kappa shape index (κ2) is 4.60. The van der Waals surface area contributed by atoms with E-state index in [4.69, 9.17) is 5.11 Å². The molecule has 0 aliphatic carbocycles. The third-order valence-electron chi connectivity index (χ3n) is 2.89. The summed E-state index contributed by atoms with van der Waals surface area (Å²) in [5, 5.41) is 13.3. The molecule has 0 radical (unpaired) electrons. The average molecular weight is 245 g/mol. The van der Waals surface area contributed by atoms with E-state index in [0.717, 1.165) is 28.3 Å². The molecule has 0 aliphatic heterocycles. The van der Waals surface area contributed by atoms with Gasteiger partial charge in [0.25, 0.3) is 0 Å². The Bertz CT molecular complexity index is 602. The molecule has 2 heterocycles. The predicted molar refractivity (Wildman–Crippen MR) is 66.9 cm³/mol. The molecular formula is C13H15N3O2. The third kappa shape index (κ3) is 2.25. The Labute approximate surface area is 105 Å². The highest BCUT2D eigenvalue weighted by atomic mass is 16.4. The van der Waals surface area contributed by atoms with Crippen LogP contribution in [0.5, 0.6) is 0 Å². The zero-order chi connectivity index (χ0) is 13.3. The maximum Gasteiger partial charge on any atom is 0.307 e. The SMILES string of the molecule is Cc1cc(-n2nc(C)c(CC(=O)O)c2C)ccn1. The van der Waals surface area contributed by atoms with Crippen LogP contribution < -0.4 is 0 Å².